The van der Waals surface area contributed by atoms with Gasteiger partial charge in [0.05, 0.1) is 6.42 Å². The summed E-state index contributed by atoms with van der Waals surface area (Å²) in [6, 6.07) is 7.68. The Hall–Kier alpha value is -0.960. The summed E-state index contributed by atoms with van der Waals surface area (Å²) in [4.78, 5) is 24.0. The van der Waals surface area contributed by atoms with Gasteiger partial charge in [-0.15, -0.1) is 0 Å². The van der Waals surface area contributed by atoms with E-state index in [0.717, 1.165) is 35.7 Å². The number of carbonyl (C=O) groups is 2. The first-order valence-electron chi connectivity index (χ1n) is 6.94. The summed E-state index contributed by atoms with van der Waals surface area (Å²) in [5.74, 6) is 0.316. The quantitative estimate of drug-likeness (QED) is 0.765. The standard InChI is InChI=1S/C16H19BrO2/c17-15-9-5-4-8-13(15)10-14(18)11-16(19)12-6-2-1-3-7-12/h4-5,8-9,12H,1-3,6-7,10-11H2. The molecular formula is C16H19BrO2. The van der Waals surface area contributed by atoms with Gasteiger partial charge in [-0.1, -0.05) is 53.4 Å². The van der Waals surface area contributed by atoms with Gasteiger partial charge in [0.2, 0.25) is 0 Å². The largest absolute Gasteiger partial charge is 0.299 e. The number of carbonyl (C=O) groups excluding carboxylic acids is 2. The first kappa shape index (κ1) is 14.4. The Morgan fingerprint density at radius 1 is 1.11 bits per heavy atom. The van der Waals surface area contributed by atoms with E-state index in [9.17, 15) is 9.59 Å². The van der Waals surface area contributed by atoms with Crippen molar-refractivity contribution in [3.63, 3.8) is 0 Å². The van der Waals surface area contributed by atoms with E-state index < -0.39 is 0 Å². The number of hydrogen-bond acceptors (Lipinski definition) is 2. The molecule has 0 radical (unpaired) electrons. The fourth-order valence-corrected chi connectivity index (χ4v) is 3.10. The SMILES string of the molecule is O=C(CC(=O)C1CCCCC1)Cc1ccccc1Br. The van der Waals surface area contributed by atoms with Crippen LogP contribution < -0.4 is 0 Å². The number of Topliss-reactive ketones (excluding diaryl/α,β-unsaturated/α-hetero) is 2. The summed E-state index contributed by atoms with van der Waals surface area (Å²) < 4.78 is 0.938. The molecule has 3 heteroatoms. The third-order valence-corrected chi connectivity index (χ3v) is 4.55. The molecule has 2 nitrogen and oxygen atoms in total. The Morgan fingerprint density at radius 3 is 2.47 bits per heavy atom. The Balaban J connectivity index is 1.87. The van der Waals surface area contributed by atoms with Gasteiger partial charge in [0.25, 0.3) is 0 Å². The molecule has 1 saturated carbocycles. The molecule has 1 aromatic rings. The zero-order valence-electron chi connectivity index (χ0n) is 11.0. The van der Waals surface area contributed by atoms with Gasteiger partial charge in [0.1, 0.15) is 11.6 Å². The first-order valence-corrected chi connectivity index (χ1v) is 7.74. The average Bonchev–Trinajstić information content (AvgIpc) is 2.42. The fourth-order valence-electron chi connectivity index (χ4n) is 2.68. The second kappa shape index (κ2) is 6.99. The molecule has 0 aromatic heterocycles. The molecule has 1 aromatic carbocycles. The Kier molecular flexibility index (Phi) is 5.32. The van der Waals surface area contributed by atoms with Crippen LogP contribution in [-0.4, -0.2) is 11.6 Å². The van der Waals surface area contributed by atoms with E-state index in [1.54, 1.807) is 0 Å². The van der Waals surface area contributed by atoms with Crippen molar-refractivity contribution in [1.82, 2.24) is 0 Å². The zero-order valence-corrected chi connectivity index (χ0v) is 12.6. The maximum absolute atomic E-state index is 12.1. The van der Waals surface area contributed by atoms with Crippen LogP contribution >= 0.6 is 15.9 Å². The van der Waals surface area contributed by atoms with Crippen molar-refractivity contribution >= 4 is 27.5 Å². The van der Waals surface area contributed by atoms with Gasteiger partial charge in [-0.2, -0.15) is 0 Å². The van der Waals surface area contributed by atoms with Crippen LogP contribution in [0.3, 0.4) is 0 Å². The summed E-state index contributed by atoms with van der Waals surface area (Å²) in [7, 11) is 0. The lowest BCUT2D eigenvalue weighted by Crippen LogP contribution is -2.21. The Labute approximate surface area is 122 Å². The van der Waals surface area contributed by atoms with E-state index in [-0.39, 0.29) is 23.9 Å². The molecule has 0 atom stereocenters. The topological polar surface area (TPSA) is 34.1 Å². The molecular weight excluding hydrogens is 304 g/mol. The van der Waals surface area contributed by atoms with Gasteiger partial charge in [-0.05, 0) is 24.5 Å². The van der Waals surface area contributed by atoms with E-state index in [4.69, 9.17) is 0 Å². The minimum Gasteiger partial charge on any atom is -0.299 e. The van der Waals surface area contributed by atoms with Gasteiger partial charge in [0, 0.05) is 16.8 Å². The maximum Gasteiger partial charge on any atom is 0.144 e. The van der Waals surface area contributed by atoms with Crippen molar-refractivity contribution in [1.29, 1.82) is 0 Å². The maximum atomic E-state index is 12.1. The molecule has 102 valence electrons. The third-order valence-electron chi connectivity index (χ3n) is 3.78. The highest BCUT2D eigenvalue weighted by atomic mass is 79.9. The van der Waals surface area contributed by atoms with Crippen molar-refractivity contribution in [3.8, 4) is 0 Å². The number of halogens is 1. The summed E-state index contributed by atoms with van der Waals surface area (Å²) >= 11 is 3.43. The van der Waals surface area contributed by atoms with Crippen LogP contribution in [0.1, 0.15) is 44.1 Å². The molecule has 2 rings (SSSR count). The minimum absolute atomic E-state index is 0.0301. The van der Waals surface area contributed by atoms with E-state index in [1.807, 2.05) is 24.3 Å². The molecule has 0 spiro atoms. The van der Waals surface area contributed by atoms with Crippen molar-refractivity contribution in [2.75, 3.05) is 0 Å². The predicted molar refractivity (Wildman–Crippen MR) is 79.1 cm³/mol. The van der Waals surface area contributed by atoms with Crippen LogP contribution in [0.15, 0.2) is 28.7 Å². The highest BCUT2D eigenvalue weighted by Crippen LogP contribution is 2.25. The van der Waals surface area contributed by atoms with Gasteiger partial charge >= 0.3 is 0 Å². The molecule has 1 aliphatic carbocycles. The fraction of sp³-hybridized carbons (Fsp3) is 0.500. The minimum atomic E-state index is 0.0301. The lowest BCUT2D eigenvalue weighted by atomic mass is 9.84. The van der Waals surface area contributed by atoms with E-state index in [1.165, 1.54) is 6.42 Å². The van der Waals surface area contributed by atoms with Crippen molar-refractivity contribution in [2.24, 2.45) is 5.92 Å². The Morgan fingerprint density at radius 2 is 1.79 bits per heavy atom. The molecule has 0 bridgehead atoms. The van der Waals surface area contributed by atoms with E-state index >= 15 is 0 Å². The van der Waals surface area contributed by atoms with Crippen LogP contribution in [-0.2, 0) is 16.0 Å². The Bertz CT molecular complexity index is 462. The summed E-state index contributed by atoms with van der Waals surface area (Å²) in [6.45, 7) is 0. The van der Waals surface area contributed by atoms with Crippen molar-refractivity contribution in [3.05, 3.63) is 34.3 Å². The lowest BCUT2D eigenvalue weighted by molar-refractivity contribution is -0.129. The van der Waals surface area contributed by atoms with Crippen molar-refractivity contribution < 1.29 is 9.59 Å². The number of hydrogen-bond donors (Lipinski definition) is 0. The van der Waals surface area contributed by atoms with E-state index in [2.05, 4.69) is 15.9 Å². The van der Waals surface area contributed by atoms with Crippen LogP contribution in [0.2, 0.25) is 0 Å². The predicted octanol–water partition coefficient (Wildman–Crippen LogP) is 4.10. The summed E-state index contributed by atoms with van der Waals surface area (Å²) in [5.41, 5.74) is 0.962. The highest BCUT2D eigenvalue weighted by Gasteiger charge is 2.23. The number of rotatable bonds is 5. The normalized spacial score (nSPS) is 16.3. The highest BCUT2D eigenvalue weighted by molar-refractivity contribution is 9.10. The van der Waals surface area contributed by atoms with Gasteiger partial charge < -0.3 is 0 Å². The molecule has 0 aliphatic heterocycles. The van der Waals surface area contributed by atoms with Gasteiger partial charge in [0.15, 0.2) is 0 Å². The van der Waals surface area contributed by atoms with Crippen LogP contribution in [0, 0.1) is 5.92 Å². The molecule has 0 heterocycles. The van der Waals surface area contributed by atoms with Crippen LogP contribution in [0.25, 0.3) is 0 Å². The first-order chi connectivity index (χ1) is 9.16. The van der Waals surface area contributed by atoms with Crippen molar-refractivity contribution in [2.45, 2.75) is 44.9 Å². The van der Waals surface area contributed by atoms with Gasteiger partial charge in [-0.3, -0.25) is 9.59 Å². The number of ketones is 2. The van der Waals surface area contributed by atoms with Crippen LogP contribution in [0.4, 0.5) is 0 Å². The summed E-state index contributed by atoms with van der Waals surface area (Å²) in [6.07, 6.45) is 5.90. The summed E-state index contributed by atoms with van der Waals surface area (Å²) in [5, 5.41) is 0. The number of benzene rings is 1. The second-order valence-corrected chi connectivity index (χ2v) is 6.14. The molecule has 0 N–H and O–H groups in total. The van der Waals surface area contributed by atoms with Gasteiger partial charge in [-0.25, -0.2) is 0 Å². The molecule has 0 unspecified atom stereocenters. The molecule has 0 amide bonds. The molecule has 19 heavy (non-hydrogen) atoms. The smallest absolute Gasteiger partial charge is 0.144 e. The monoisotopic (exact) mass is 322 g/mol. The average molecular weight is 323 g/mol. The second-order valence-electron chi connectivity index (χ2n) is 5.28. The third kappa shape index (κ3) is 4.27. The molecule has 0 saturated heterocycles. The lowest BCUT2D eigenvalue weighted by Gasteiger charge is -2.19. The van der Waals surface area contributed by atoms with E-state index in [0.29, 0.717) is 6.42 Å². The molecule has 1 fully saturated rings. The molecule has 1 aliphatic rings. The zero-order chi connectivity index (χ0) is 13.7. The van der Waals surface area contributed by atoms with Crippen LogP contribution in [0.5, 0.6) is 0 Å².